The van der Waals surface area contributed by atoms with Gasteiger partial charge >= 0.3 is 0 Å². The van der Waals surface area contributed by atoms with E-state index in [1.54, 1.807) is 36.4 Å². The average molecular weight is 305 g/mol. The number of ether oxygens (including phenoxy) is 1. The van der Waals surface area contributed by atoms with Crippen LogP contribution in [-0.2, 0) is 0 Å². The van der Waals surface area contributed by atoms with Crippen LogP contribution in [0.5, 0.6) is 5.75 Å². The number of amides is 1. The van der Waals surface area contributed by atoms with Crippen molar-refractivity contribution in [3.63, 3.8) is 0 Å². The van der Waals surface area contributed by atoms with Crippen molar-refractivity contribution < 1.29 is 9.53 Å². The van der Waals surface area contributed by atoms with Gasteiger partial charge in [0.25, 0.3) is 5.91 Å². The number of hydrogen-bond donors (Lipinski definition) is 2. The Morgan fingerprint density at radius 3 is 2.33 bits per heavy atom. The van der Waals surface area contributed by atoms with Gasteiger partial charge < -0.3 is 16.2 Å². The van der Waals surface area contributed by atoms with Gasteiger partial charge in [-0.2, -0.15) is 0 Å². The van der Waals surface area contributed by atoms with E-state index >= 15 is 0 Å². The molecule has 0 aliphatic carbocycles. The molecule has 0 saturated carbocycles. The number of rotatable bonds is 5. The minimum atomic E-state index is -0.537. The third kappa shape index (κ3) is 3.74. The molecule has 0 radical (unpaired) electrons. The maximum atomic E-state index is 11.4. The number of para-hydroxylation sites is 1. The predicted molar refractivity (Wildman–Crippen MR) is 83.4 cm³/mol. The maximum absolute atomic E-state index is 11.4. The molecule has 5 heteroatoms. The summed E-state index contributed by atoms with van der Waals surface area (Å²) >= 11 is 5.89. The molecule has 0 aliphatic rings. The topological polar surface area (TPSA) is 78.3 Å². The average Bonchev–Trinajstić information content (AvgIpc) is 2.46. The lowest BCUT2D eigenvalue weighted by atomic mass is 10.0. The third-order valence-corrected chi connectivity index (χ3v) is 3.33. The van der Waals surface area contributed by atoms with Gasteiger partial charge in [-0.25, -0.2) is 0 Å². The van der Waals surface area contributed by atoms with Crippen molar-refractivity contribution in [3.05, 3.63) is 64.7 Å². The van der Waals surface area contributed by atoms with E-state index in [4.69, 9.17) is 27.8 Å². The van der Waals surface area contributed by atoms with E-state index in [-0.39, 0.29) is 6.04 Å². The highest BCUT2D eigenvalue weighted by Gasteiger charge is 2.20. The largest absolute Gasteiger partial charge is 0.483 e. The molecule has 0 aliphatic heterocycles. The molecule has 0 saturated heterocycles. The first kappa shape index (κ1) is 15.4. The van der Waals surface area contributed by atoms with E-state index in [9.17, 15) is 4.79 Å². The summed E-state index contributed by atoms with van der Waals surface area (Å²) in [5.41, 5.74) is 12.6. The SMILES string of the molecule is CC(N)C(Oc1ccccc1C(N)=O)c1ccc(Cl)cc1. The summed E-state index contributed by atoms with van der Waals surface area (Å²) in [6.07, 6.45) is -0.400. The molecule has 2 rings (SSSR count). The van der Waals surface area contributed by atoms with Gasteiger partial charge in [0.05, 0.1) is 5.56 Å². The molecule has 2 atom stereocenters. The molecule has 2 aromatic rings. The van der Waals surface area contributed by atoms with Crippen LogP contribution in [0.1, 0.15) is 28.9 Å². The van der Waals surface area contributed by atoms with Gasteiger partial charge in [-0.15, -0.1) is 0 Å². The number of carbonyl (C=O) groups excluding carboxylic acids is 1. The van der Waals surface area contributed by atoms with Crippen LogP contribution in [0.25, 0.3) is 0 Å². The first-order valence-corrected chi connectivity index (χ1v) is 6.93. The van der Waals surface area contributed by atoms with E-state index in [1.165, 1.54) is 0 Å². The van der Waals surface area contributed by atoms with Crippen molar-refractivity contribution in [1.82, 2.24) is 0 Å². The van der Waals surface area contributed by atoms with Gasteiger partial charge in [0.2, 0.25) is 0 Å². The van der Waals surface area contributed by atoms with Crippen molar-refractivity contribution in [2.45, 2.75) is 19.1 Å². The van der Waals surface area contributed by atoms with Crippen LogP contribution in [0.3, 0.4) is 0 Å². The van der Waals surface area contributed by atoms with E-state index < -0.39 is 12.0 Å². The Kier molecular flexibility index (Phi) is 4.83. The normalized spacial score (nSPS) is 13.5. The summed E-state index contributed by atoms with van der Waals surface area (Å²) in [7, 11) is 0. The van der Waals surface area contributed by atoms with Crippen LogP contribution in [0.4, 0.5) is 0 Å². The molecule has 0 heterocycles. The highest BCUT2D eigenvalue weighted by molar-refractivity contribution is 6.30. The lowest BCUT2D eigenvalue weighted by Gasteiger charge is -2.24. The second-order valence-electron chi connectivity index (χ2n) is 4.81. The summed E-state index contributed by atoms with van der Waals surface area (Å²) in [6.45, 7) is 1.84. The number of benzene rings is 2. The molecule has 0 aromatic heterocycles. The zero-order valence-corrected chi connectivity index (χ0v) is 12.4. The zero-order valence-electron chi connectivity index (χ0n) is 11.6. The number of halogens is 1. The van der Waals surface area contributed by atoms with Crippen molar-refractivity contribution in [3.8, 4) is 5.75 Å². The molecular formula is C16H17ClN2O2. The van der Waals surface area contributed by atoms with E-state index in [0.717, 1.165) is 5.56 Å². The molecule has 0 bridgehead atoms. The lowest BCUT2D eigenvalue weighted by Crippen LogP contribution is -2.29. The van der Waals surface area contributed by atoms with Crippen molar-refractivity contribution >= 4 is 17.5 Å². The molecule has 1 amide bonds. The molecule has 110 valence electrons. The Hall–Kier alpha value is -2.04. The predicted octanol–water partition coefficient (Wildman–Crippen LogP) is 2.91. The van der Waals surface area contributed by atoms with E-state index in [0.29, 0.717) is 16.3 Å². The quantitative estimate of drug-likeness (QED) is 0.891. The van der Waals surface area contributed by atoms with Gasteiger partial charge in [-0.3, -0.25) is 4.79 Å². The molecule has 2 unspecified atom stereocenters. The van der Waals surface area contributed by atoms with Crippen molar-refractivity contribution in [1.29, 1.82) is 0 Å². The zero-order chi connectivity index (χ0) is 15.4. The minimum absolute atomic E-state index is 0.271. The van der Waals surface area contributed by atoms with Gasteiger partial charge in [0.15, 0.2) is 0 Å². The summed E-state index contributed by atoms with van der Waals surface area (Å²) in [4.78, 5) is 11.4. The summed E-state index contributed by atoms with van der Waals surface area (Å²) in [5, 5.41) is 0.639. The van der Waals surface area contributed by atoms with Gasteiger partial charge in [-0.1, -0.05) is 35.9 Å². The fourth-order valence-electron chi connectivity index (χ4n) is 2.04. The Morgan fingerprint density at radius 1 is 1.14 bits per heavy atom. The van der Waals surface area contributed by atoms with Crippen LogP contribution in [0, 0.1) is 0 Å². The fraction of sp³-hybridized carbons (Fsp3) is 0.188. The molecule has 2 aromatic carbocycles. The molecule has 0 spiro atoms. The highest BCUT2D eigenvalue weighted by Crippen LogP contribution is 2.27. The van der Waals surface area contributed by atoms with Crippen LogP contribution >= 0.6 is 11.6 Å². The Bertz CT molecular complexity index is 626. The van der Waals surface area contributed by atoms with Crippen LogP contribution in [0.15, 0.2) is 48.5 Å². The maximum Gasteiger partial charge on any atom is 0.252 e. The molecule has 21 heavy (non-hydrogen) atoms. The first-order chi connectivity index (χ1) is 9.99. The summed E-state index contributed by atoms with van der Waals surface area (Å²) < 4.78 is 5.93. The number of hydrogen-bond acceptors (Lipinski definition) is 3. The standard InChI is InChI=1S/C16H17ClN2O2/c1-10(18)15(11-6-8-12(17)9-7-11)21-14-5-3-2-4-13(14)16(19)20/h2-10,15H,18H2,1H3,(H2,19,20). The summed E-state index contributed by atoms with van der Waals surface area (Å²) in [6, 6.07) is 13.8. The van der Waals surface area contributed by atoms with Crippen LogP contribution in [-0.4, -0.2) is 11.9 Å². The lowest BCUT2D eigenvalue weighted by molar-refractivity contribution is 0.0990. The van der Waals surface area contributed by atoms with Crippen molar-refractivity contribution in [2.75, 3.05) is 0 Å². The minimum Gasteiger partial charge on any atom is -0.483 e. The monoisotopic (exact) mass is 304 g/mol. The number of nitrogens with two attached hydrogens (primary N) is 2. The first-order valence-electron chi connectivity index (χ1n) is 6.55. The summed E-state index contributed by atoms with van der Waals surface area (Å²) in [5.74, 6) is -0.118. The molecule has 4 nitrogen and oxygen atoms in total. The number of carbonyl (C=O) groups is 1. The fourth-order valence-corrected chi connectivity index (χ4v) is 2.17. The second-order valence-corrected chi connectivity index (χ2v) is 5.25. The van der Waals surface area contributed by atoms with E-state index in [2.05, 4.69) is 0 Å². The third-order valence-electron chi connectivity index (χ3n) is 3.08. The van der Waals surface area contributed by atoms with Crippen LogP contribution < -0.4 is 16.2 Å². The highest BCUT2D eigenvalue weighted by atomic mass is 35.5. The molecule has 0 fully saturated rings. The van der Waals surface area contributed by atoms with Gasteiger partial charge in [0, 0.05) is 11.1 Å². The number of primary amides is 1. The second kappa shape index (κ2) is 6.61. The Morgan fingerprint density at radius 2 is 1.76 bits per heavy atom. The van der Waals surface area contributed by atoms with Crippen LogP contribution in [0.2, 0.25) is 5.02 Å². The Labute approximate surface area is 128 Å². The smallest absolute Gasteiger partial charge is 0.252 e. The molecular weight excluding hydrogens is 288 g/mol. The van der Waals surface area contributed by atoms with Gasteiger partial charge in [-0.05, 0) is 36.8 Å². The van der Waals surface area contributed by atoms with E-state index in [1.807, 2.05) is 19.1 Å². The van der Waals surface area contributed by atoms with Crippen molar-refractivity contribution in [2.24, 2.45) is 11.5 Å². The Balaban J connectivity index is 2.33. The van der Waals surface area contributed by atoms with Gasteiger partial charge in [0.1, 0.15) is 11.9 Å². The molecule has 4 N–H and O–H groups in total.